The van der Waals surface area contributed by atoms with Crippen molar-refractivity contribution in [2.45, 2.75) is 25.3 Å². The van der Waals surface area contributed by atoms with Gasteiger partial charge in [0.15, 0.2) is 0 Å². The van der Waals surface area contributed by atoms with Crippen LogP contribution in [0.15, 0.2) is 63.7 Å². The number of fused-ring (bicyclic) bond motifs is 2. The van der Waals surface area contributed by atoms with Crippen LogP contribution in [0, 0.1) is 16.0 Å². The first-order valence-electron chi connectivity index (χ1n) is 7.69. The fraction of sp³-hybridized carbons (Fsp3) is 0.278. The smallest absolute Gasteiger partial charge is 0.269 e. The molecule has 2 aliphatic carbocycles. The highest BCUT2D eigenvalue weighted by atomic mass is 35.5. The van der Waals surface area contributed by atoms with Gasteiger partial charge in [-0.05, 0) is 23.1 Å². The topological polar surface area (TPSA) is 55.5 Å². The van der Waals surface area contributed by atoms with Gasteiger partial charge in [-0.3, -0.25) is 15.1 Å². The van der Waals surface area contributed by atoms with Crippen molar-refractivity contribution in [2.24, 2.45) is 10.9 Å². The molecule has 4 rings (SSSR count). The third-order valence-corrected chi connectivity index (χ3v) is 5.03. The molecule has 116 valence electrons. The van der Waals surface area contributed by atoms with Gasteiger partial charge in [-0.15, -0.1) is 0 Å². The van der Waals surface area contributed by atoms with E-state index in [2.05, 4.69) is 12.2 Å². The summed E-state index contributed by atoms with van der Waals surface area (Å²) in [5.41, 5.74) is 4.66. The Labute approximate surface area is 139 Å². The Morgan fingerprint density at radius 3 is 3.04 bits per heavy atom. The molecule has 0 fully saturated rings. The van der Waals surface area contributed by atoms with E-state index in [-0.39, 0.29) is 22.6 Å². The molecule has 0 saturated carbocycles. The van der Waals surface area contributed by atoms with Crippen molar-refractivity contribution in [1.29, 1.82) is 0 Å². The molecule has 0 amide bonds. The summed E-state index contributed by atoms with van der Waals surface area (Å²) < 4.78 is 0. The van der Waals surface area contributed by atoms with E-state index in [0.29, 0.717) is 0 Å². The van der Waals surface area contributed by atoms with Gasteiger partial charge in [0, 0.05) is 41.6 Å². The number of dihydropyridines is 1. The lowest BCUT2D eigenvalue weighted by atomic mass is 9.79. The molecule has 3 aliphatic rings. The van der Waals surface area contributed by atoms with Crippen molar-refractivity contribution in [2.75, 3.05) is 0 Å². The summed E-state index contributed by atoms with van der Waals surface area (Å²) in [5.74, 6) is 0.262. The molecule has 1 aromatic carbocycles. The molecule has 5 heteroatoms. The predicted molar refractivity (Wildman–Crippen MR) is 90.7 cm³/mol. The summed E-state index contributed by atoms with van der Waals surface area (Å²) in [6.45, 7) is 0. The van der Waals surface area contributed by atoms with Crippen molar-refractivity contribution in [1.82, 2.24) is 0 Å². The largest absolute Gasteiger partial charge is 0.280 e. The highest BCUT2D eigenvalue weighted by Gasteiger charge is 2.35. The zero-order chi connectivity index (χ0) is 16.0. The highest BCUT2D eigenvalue weighted by molar-refractivity contribution is 6.31. The van der Waals surface area contributed by atoms with Crippen LogP contribution in [0.3, 0.4) is 0 Å². The molecule has 1 aliphatic heterocycles. The zero-order valence-electron chi connectivity index (χ0n) is 12.4. The Hall–Kier alpha value is -2.20. The summed E-state index contributed by atoms with van der Waals surface area (Å²) in [6.07, 6.45) is 8.76. The Balaban J connectivity index is 1.79. The van der Waals surface area contributed by atoms with E-state index in [9.17, 15) is 10.1 Å². The lowest BCUT2D eigenvalue weighted by molar-refractivity contribution is -0.384. The Bertz CT molecular complexity index is 820. The fourth-order valence-electron chi connectivity index (χ4n) is 3.68. The first-order valence-corrected chi connectivity index (χ1v) is 8.07. The first-order chi connectivity index (χ1) is 11.1. The van der Waals surface area contributed by atoms with Gasteiger partial charge in [-0.1, -0.05) is 42.0 Å². The van der Waals surface area contributed by atoms with Gasteiger partial charge in [0.1, 0.15) is 0 Å². The molecule has 0 aromatic heterocycles. The van der Waals surface area contributed by atoms with Gasteiger partial charge in [-0.2, -0.15) is 0 Å². The number of nitrogens with zero attached hydrogens (tertiary/aromatic N) is 2. The molecule has 1 heterocycles. The van der Waals surface area contributed by atoms with Gasteiger partial charge < -0.3 is 0 Å². The Kier molecular flexibility index (Phi) is 3.42. The molecule has 0 bridgehead atoms. The number of hydrogen-bond donors (Lipinski definition) is 0. The maximum absolute atomic E-state index is 11.1. The molecule has 0 saturated heterocycles. The van der Waals surface area contributed by atoms with Crippen LogP contribution in [0.2, 0.25) is 0 Å². The second-order valence-corrected chi connectivity index (χ2v) is 6.57. The van der Waals surface area contributed by atoms with Gasteiger partial charge in [0.2, 0.25) is 0 Å². The number of rotatable bonds is 2. The third kappa shape index (κ3) is 2.43. The van der Waals surface area contributed by atoms with Crippen LogP contribution in [0.4, 0.5) is 5.69 Å². The third-order valence-electron chi connectivity index (χ3n) is 4.74. The van der Waals surface area contributed by atoms with Crippen molar-refractivity contribution in [3.8, 4) is 0 Å². The van der Waals surface area contributed by atoms with Crippen LogP contribution in [0.25, 0.3) is 0 Å². The second-order valence-electron chi connectivity index (χ2n) is 6.08. The minimum atomic E-state index is -0.350. The Morgan fingerprint density at radius 1 is 1.35 bits per heavy atom. The normalized spacial score (nSPS) is 25.6. The fourth-order valence-corrected chi connectivity index (χ4v) is 3.89. The number of benzene rings is 1. The average molecular weight is 327 g/mol. The van der Waals surface area contributed by atoms with Crippen molar-refractivity contribution >= 4 is 23.0 Å². The Morgan fingerprint density at radius 2 is 2.22 bits per heavy atom. The molecule has 23 heavy (non-hydrogen) atoms. The van der Waals surface area contributed by atoms with Crippen LogP contribution in [0.5, 0.6) is 0 Å². The number of hydrogen-bond acceptors (Lipinski definition) is 3. The van der Waals surface area contributed by atoms with Crippen molar-refractivity contribution < 1.29 is 4.92 Å². The van der Waals surface area contributed by atoms with Crippen LogP contribution < -0.4 is 0 Å². The van der Waals surface area contributed by atoms with Crippen LogP contribution in [-0.4, -0.2) is 10.6 Å². The number of aliphatic imine (C=N–C) groups is 1. The minimum absolute atomic E-state index is 0.0519. The summed E-state index contributed by atoms with van der Waals surface area (Å²) in [5, 5.41) is 11.9. The van der Waals surface area contributed by atoms with Crippen LogP contribution in [-0.2, 0) is 0 Å². The van der Waals surface area contributed by atoms with E-state index in [4.69, 9.17) is 16.6 Å². The number of allylic oxidation sites excluding steroid dienone is 5. The van der Waals surface area contributed by atoms with Crippen molar-refractivity contribution in [3.63, 3.8) is 0 Å². The lowest BCUT2D eigenvalue weighted by Crippen LogP contribution is -2.23. The van der Waals surface area contributed by atoms with E-state index in [0.717, 1.165) is 35.6 Å². The molecule has 0 spiro atoms. The second kappa shape index (κ2) is 5.46. The molecular formula is C18H15ClN2O2. The van der Waals surface area contributed by atoms with E-state index in [1.165, 1.54) is 17.2 Å². The van der Waals surface area contributed by atoms with E-state index in [1.807, 2.05) is 12.1 Å². The van der Waals surface area contributed by atoms with Gasteiger partial charge in [-0.25, -0.2) is 0 Å². The summed E-state index contributed by atoms with van der Waals surface area (Å²) in [7, 11) is 0. The maximum Gasteiger partial charge on any atom is 0.269 e. The molecule has 2 unspecified atom stereocenters. The van der Waals surface area contributed by atoms with Gasteiger partial charge >= 0.3 is 0 Å². The zero-order valence-corrected chi connectivity index (χ0v) is 13.2. The summed E-state index contributed by atoms with van der Waals surface area (Å²) in [4.78, 5) is 15.6. The molecule has 4 nitrogen and oxygen atoms in total. The van der Waals surface area contributed by atoms with Crippen LogP contribution in [0.1, 0.15) is 30.9 Å². The monoisotopic (exact) mass is 326 g/mol. The lowest BCUT2D eigenvalue weighted by Gasteiger charge is -2.32. The quantitative estimate of drug-likeness (QED) is 0.574. The number of nitro benzene ring substituents is 1. The number of nitro groups is 1. The minimum Gasteiger partial charge on any atom is -0.280 e. The molecule has 2 atom stereocenters. The SMILES string of the molecule is O=[N+]([O-])c1cccc(C2N=C3CC=C(Cl)CC3=C3C=CCC32)c1. The summed E-state index contributed by atoms with van der Waals surface area (Å²) in [6, 6.07) is 6.81. The van der Waals surface area contributed by atoms with Gasteiger partial charge in [0.05, 0.1) is 11.0 Å². The predicted octanol–water partition coefficient (Wildman–Crippen LogP) is 4.88. The van der Waals surface area contributed by atoms with Crippen LogP contribution >= 0.6 is 11.6 Å². The van der Waals surface area contributed by atoms with Crippen molar-refractivity contribution in [3.05, 3.63) is 74.3 Å². The molecule has 1 aromatic rings. The molecule has 0 radical (unpaired) electrons. The summed E-state index contributed by atoms with van der Waals surface area (Å²) >= 11 is 6.21. The van der Waals surface area contributed by atoms with Gasteiger partial charge in [0.25, 0.3) is 5.69 Å². The molecular weight excluding hydrogens is 312 g/mol. The van der Waals surface area contributed by atoms with E-state index < -0.39 is 0 Å². The first kappa shape index (κ1) is 14.4. The number of non-ortho nitro benzene ring substituents is 1. The molecule has 0 N–H and O–H groups in total. The average Bonchev–Trinajstić information content (AvgIpc) is 3.04. The van der Waals surface area contributed by atoms with E-state index >= 15 is 0 Å². The van der Waals surface area contributed by atoms with E-state index in [1.54, 1.807) is 12.1 Å². The maximum atomic E-state index is 11.1. The highest BCUT2D eigenvalue weighted by Crippen LogP contribution is 2.46. The standard InChI is InChI=1S/C18H15ClN2O2/c19-12-7-8-17-16(10-12)14-5-2-6-15(14)18(20-17)11-3-1-4-13(9-11)21(22)23/h1-5,7,9,15,18H,6,8,10H2. The number of halogens is 1.